The molecule has 0 radical (unpaired) electrons. The van der Waals surface area contributed by atoms with Gasteiger partial charge in [0.2, 0.25) is 0 Å². The number of aliphatic hydroxyl groups is 1. The summed E-state index contributed by atoms with van der Waals surface area (Å²) in [5, 5.41) is 16.9. The van der Waals surface area contributed by atoms with E-state index in [1.54, 1.807) is 43.5 Å². The van der Waals surface area contributed by atoms with E-state index in [1.165, 1.54) is 6.07 Å². The van der Waals surface area contributed by atoms with Gasteiger partial charge in [-0.1, -0.05) is 23.4 Å². The second-order valence-corrected chi connectivity index (χ2v) is 4.96. The van der Waals surface area contributed by atoms with Crippen LogP contribution in [0.2, 0.25) is 0 Å². The molecule has 3 aromatic rings. The van der Waals surface area contributed by atoms with Gasteiger partial charge < -0.3 is 14.9 Å². The number of hydrogen-bond donors (Lipinski definition) is 2. The molecule has 0 bridgehead atoms. The van der Waals surface area contributed by atoms with Crippen LogP contribution in [0.1, 0.15) is 17.5 Å². The van der Waals surface area contributed by atoms with Crippen molar-refractivity contribution in [1.29, 1.82) is 0 Å². The molecule has 0 spiro atoms. The quantitative estimate of drug-likeness (QED) is 0.753. The van der Waals surface area contributed by atoms with Gasteiger partial charge in [0.25, 0.3) is 5.89 Å². The molecule has 1 atom stereocenters. The van der Waals surface area contributed by atoms with Gasteiger partial charge in [-0.05, 0) is 25.1 Å². The highest BCUT2D eigenvalue weighted by atomic mass is 19.1. The number of nitrogens with one attached hydrogen (secondary N) is 1. The summed E-state index contributed by atoms with van der Waals surface area (Å²) in [7, 11) is 0. The third-order valence-corrected chi connectivity index (χ3v) is 3.29. The van der Waals surface area contributed by atoms with E-state index in [9.17, 15) is 9.50 Å². The van der Waals surface area contributed by atoms with Crippen molar-refractivity contribution in [3.8, 4) is 11.5 Å². The monoisotopic (exact) mass is 314 g/mol. The van der Waals surface area contributed by atoms with Crippen molar-refractivity contribution in [3.05, 3.63) is 59.8 Å². The zero-order valence-electron chi connectivity index (χ0n) is 12.4. The van der Waals surface area contributed by atoms with E-state index < -0.39 is 11.9 Å². The maximum absolute atomic E-state index is 13.7. The lowest BCUT2D eigenvalue weighted by atomic mass is 10.1. The normalized spacial score (nSPS) is 12.1. The number of halogens is 1. The molecule has 7 heteroatoms. The summed E-state index contributed by atoms with van der Waals surface area (Å²) in [6.45, 7) is 1.82. The number of anilines is 1. The van der Waals surface area contributed by atoms with Gasteiger partial charge in [-0.3, -0.25) is 0 Å². The smallest absolute Gasteiger partial charge is 0.261 e. The predicted molar refractivity (Wildman–Crippen MR) is 82.1 cm³/mol. The van der Waals surface area contributed by atoms with Crippen LogP contribution >= 0.6 is 0 Å². The molecule has 0 aliphatic rings. The third-order valence-electron chi connectivity index (χ3n) is 3.29. The molecule has 118 valence electrons. The highest BCUT2D eigenvalue weighted by molar-refractivity contribution is 5.68. The van der Waals surface area contributed by atoms with Crippen molar-refractivity contribution in [1.82, 2.24) is 15.1 Å². The minimum absolute atomic E-state index is 0.0953. The Morgan fingerprint density at radius 1 is 1.26 bits per heavy atom. The van der Waals surface area contributed by atoms with Crippen LogP contribution in [0.5, 0.6) is 0 Å². The Balaban J connectivity index is 1.78. The highest BCUT2D eigenvalue weighted by Gasteiger charge is 2.15. The Kier molecular flexibility index (Phi) is 4.29. The van der Waals surface area contributed by atoms with Crippen LogP contribution in [0.25, 0.3) is 11.5 Å². The van der Waals surface area contributed by atoms with Crippen molar-refractivity contribution >= 4 is 5.82 Å². The maximum atomic E-state index is 13.7. The largest absolute Gasteiger partial charge is 0.386 e. The molecule has 0 aliphatic carbocycles. The minimum atomic E-state index is -1.00. The highest BCUT2D eigenvalue weighted by Crippen LogP contribution is 2.25. The van der Waals surface area contributed by atoms with Gasteiger partial charge in [-0.25, -0.2) is 9.37 Å². The molecule has 0 saturated carbocycles. The molecule has 0 amide bonds. The Morgan fingerprint density at radius 3 is 2.83 bits per heavy atom. The van der Waals surface area contributed by atoms with Crippen molar-refractivity contribution in [2.24, 2.45) is 0 Å². The third kappa shape index (κ3) is 3.35. The molecule has 2 N–H and O–H groups in total. The molecule has 3 rings (SSSR count). The van der Waals surface area contributed by atoms with Gasteiger partial charge in [0, 0.05) is 18.3 Å². The van der Waals surface area contributed by atoms with E-state index in [2.05, 4.69) is 20.4 Å². The topological polar surface area (TPSA) is 84.1 Å². The second-order valence-electron chi connectivity index (χ2n) is 4.96. The number of aliphatic hydroxyl groups excluding tert-OH is 1. The van der Waals surface area contributed by atoms with Crippen LogP contribution in [0, 0.1) is 12.7 Å². The fourth-order valence-corrected chi connectivity index (χ4v) is 2.17. The number of pyridine rings is 1. The van der Waals surface area contributed by atoms with Crippen molar-refractivity contribution in [3.63, 3.8) is 0 Å². The average molecular weight is 314 g/mol. The van der Waals surface area contributed by atoms with Crippen molar-refractivity contribution in [2.45, 2.75) is 13.0 Å². The van der Waals surface area contributed by atoms with Gasteiger partial charge in [0.05, 0.1) is 11.7 Å². The van der Waals surface area contributed by atoms with E-state index in [4.69, 9.17) is 4.52 Å². The van der Waals surface area contributed by atoms with Gasteiger partial charge in [-0.2, -0.15) is 4.98 Å². The van der Waals surface area contributed by atoms with Gasteiger partial charge in [0.1, 0.15) is 11.6 Å². The summed E-state index contributed by atoms with van der Waals surface area (Å²) in [5.74, 6) is 0.877. The number of hydrogen-bond acceptors (Lipinski definition) is 6. The molecule has 2 heterocycles. The zero-order valence-corrected chi connectivity index (χ0v) is 12.4. The van der Waals surface area contributed by atoms with Crippen LogP contribution < -0.4 is 5.32 Å². The second kappa shape index (κ2) is 6.53. The fraction of sp³-hybridized carbons (Fsp3) is 0.188. The molecule has 2 aromatic heterocycles. The molecule has 23 heavy (non-hydrogen) atoms. The Bertz CT molecular complexity index is 806. The van der Waals surface area contributed by atoms with E-state index in [1.807, 2.05) is 0 Å². The number of aryl methyl sites for hydroxylation is 1. The lowest BCUT2D eigenvalue weighted by Gasteiger charge is -2.14. The summed E-state index contributed by atoms with van der Waals surface area (Å²) in [5.41, 5.74) is 0.847. The molecule has 1 aromatic carbocycles. The predicted octanol–water partition coefficient (Wildman–Crippen LogP) is 2.72. The molecule has 0 saturated heterocycles. The number of benzene rings is 1. The van der Waals surface area contributed by atoms with E-state index in [0.717, 1.165) is 0 Å². The van der Waals surface area contributed by atoms with Gasteiger partial charge >= 0.3 is 0 Å². The summed E-state index contributed by atoms with van der Waals surface area (Å²) >= 11 is 0. The first kappa shape index (κ1) is 15.1. The molecule has 1 unspecified atom stereocenters. The molecular weight excluding hydrogens is 299 g/mol. The first-order valence-electron chi connectivity index (χ1n) is 7.07. The lowest BCUT2D eigenvalue weighted by molar-refractivity contribution is 0.186. The summed E-state index contributed by atoms with van der Waals surface area (Å²) < 4.78 is 18.8. The minimum Gasteiger partial charge on any atom is -0.386 e. The molecular formula is C16H15FN4O2. The maximum Gasteiger partial charge on any atom is 0.261 e. The summed E-state index contributed by atoms with van der Waals surface area (Å²) in [4.78, 5) is 8.37. The number of aromatic nitrogens is 3. The molecule has 0 aliphatic heterocycles. The number of nitrogens with zero attached hydrogens (tertiary/aromatic N) is 3. The van der Waals surface area contributed by atoms with Crippen molar-refractivity contribution < 1.29 is 14.0 Å². The van der Waals surface area contributed by atoms with E-state index in [0.29, 0.717) is 23.1 Å². The summed E-state index contributed by atoms with van der Waals surface area (Å²) in [6, 6.07) is 9.63. The summed E-state index contributed by atoms with van der Waals surface area (Å²) in [6.07, 6.45) is 0.598. The first-order chi connectivity index (χ1) is 11.1. The Labute approximate surface area is 132 Å². The lowest BCUT2D eigenvalue weighted by Crippen LogP contribution is -2.14. The average Bonchev–Trinajstić information content (AvgIpc) is 2.99. The molecule has 6 nitrogen and oxygen atoms in total. The Morgan fingerprint density at radius 2 is 2.09 bits per heavy atom. The van der Waals surface area contributed by atoms with Gasteiger partial charge in [0.15, 0.2) is 5.82 Å². The van der Waals surface area contributed by atoms with E-state index in [-0.39, 0.29) is 12.1 Å². The van der Waals surface area contributed by atoms with E-state index >= 15 is 0 Å². The first-order valence-corrected chi connectivity index (χ1v) is 7.07. The Hall–Kier alpha value is -2.80. The number of rotatable bonds is 5. The van der Waals surface area contributed by atoms with Crippen LogP contribution in [0.4, 0.5) is 10.2 Å². The van der Waals surface area contributed by atoms with Crippen LogP contribution in [-0.2, 0) is 0 Å². The zero-order chi connectivity index (χ0) is 16.2. The standard InChI is InChI=1S/C16H15FN4O2/c1-10-20-16(23-21-10)12-6-4-8-18-15(12)19-9-14(22)11-5-2-3-7-13(11)17/h2-8,14,22H,9H2,1H3,(H,18,19). The van der Waals surface area contributed by atoms with Crippen LogP contribution in [0.3, 0.4) is 0 Å². The SMILES string of the molecule is Cc1noc(-c2cccnc2NCC(O)c2ccccc2F)n1. The van der Waals surface area contributed by atoms with Gasteiger partial charge in [-0.15, -0.1) is 0 Å². The van der Waals surface area contributed by atoms with Crippen molar-refractivity contribution in [2.75, 3.05) is 11.9 Å². The molecule has 0 fully saturated rings. The van der Waals surface area contributed by atoms with Crippen LogP contribution in [-0.4, -0.2) is 26.8 Å². The van der Waals surface area contributed by atoms with Crippen LogP contribution in [0.15, 0.2) is 47.1 Å². The fourth-order valence-electron chi connectivity index (χ4n) is 2.17.